The van der Waals surface area contributed by atoms with E-state index in [4.69, 9.17) is 4.74 Å². The molecule has 2 N–H and O–H groups in total. The third kappa shape index (κ3) is 4.74. The topological polar surface area (TPSA) is 72.4 Å². The fourth-order valence-corrected chi connectivity index (χ4v) is 2.43. The summed E-state index contributed by atoms with van der Waals surface area (Å²) in [7, 11) is 0. The molecule has 124 valence electrons. The van der Waals surface area contributed by atoms with Gasteiger partial charge in [-0.15, -0.1) is 0 Å². The van der Waals surface area contributed by atoms with Crippen LogP contribution in [0, 0.1) is 6.92 Å². The number of aryl methyl sites for hydroxylation is 1. The van der Waals surface area contributed by atoms with Gasteiger partial charge in [-0.3, -0.25) is 4.79 Å². The van der Waals surface area contributed by atoms with E-state index in [0.717, 1.165) is 16.5 Å². The number of rotatable bonds is 7. The molecule has 2 rings (SSSR count). The van der Waals surface area contributed by atoms with Gasteiger partial charge in [-0.25, -0.2) is 4.79 Å². The molecule has 0 spiro atoms. The van der Waals surface area contributed by atoms with E-state index in [1.54, 1.807) is 0 Å². The smallest absolute Gasteiger partial charge is 0.325 e. The van der Waals surface area contributed by atoms with Gasteiger partial charge in [0, 0.05) is 30.2 Å². The number of ether oxygens (including phenoxy) is 1. The van der Waals surface area contributed by atoms with E-state index in [2.05, 4.69) is 10.6 Å². The van der Waals surface area contributed by atoms with Crippen LogP contribution in [0.3, 0.4) is 0 Å². The Morgan fingerprint density at radius 3 is 2.78 bits per heavy atom. The molecule has 2 amide bonds. The van der Waals surface area contributed by atoms with Gasteiger partial charge in [-0.2, -0.15) is 0 Å². The molecular formula is C17H23N3O3. The maximum absolute atomic E-state index is 11.9. The molecule has 0 fully saturated rings. The second-order valence-corrected chi connectivity index (χ2v) is 5.32. The molecule has 0 unspecified atom stereocenters. The highest BCUT2D eigenvalue weighted by Gasteiger charge is 2.09. The minimum absolute atomic E-state index is 0.193. The maximum Gasteiger partial charge on any atom is 0.325 e. The number of urea groups is 1. The van der Waals surface area contributed by atoms with Gasteiger partial charge in [0.2, 0.25) is 0 Å². The monoisotopic (exact) mass is 317 g/mol. The number of hydrogen-bond donors (Lipinski definition) is 2. The third-order valence-electron chi connectivity index (χ3n) is 3.49. The lowest BCUT2D eigenvalue weighted by atomic mass is 10.2. The molecule has 0 bridgehead atoms. The van der Waals surface area contributed by atoms with Gasteiger partial charge in [0.05, 0.1) is 6.61 Å². The number of carbonyl (C=O) groups excluding carboxylic acids is 2. The second-order valence-electron chi connectivity index (χ2n) is 5.32. The number of aromatic nitrogens is 1. The maximum atomic E-state index is 11.9. The van der Waals surface area contributed by atoms with E-state index in [9.17, 15) is 9.59 Å². The minimum Gasteiger partial charge on any atom is -0.464 e. The van der Waals surface area contributed by atoms with Gasteiger partial charge in [-0.1, -0.05) is 18.2 Å². The Bertz CT molecular complexity index is 679. The van der Waals surface area contributed by atoms with Crippen molar-refractivity contribution in [2.24, 2.45) is 0 Å². The Kier molecular flexibility index (Phi) is 6.02. The standard InChI is InChI=1S/C17H23N3O3/c1-3-18-17(22)19-9-6-10-23-16(21)12-20-11-13(2)14-7-4-5-8-15(14)20/h4-5,7-8,11H,3,6,9-10,12H2,1-2H3,(H2,18,19,22). The van der Waals surface area contributed by atoms with Crippen molar-refractivity contribution >= 4 is 22.9 Å². The molecule has 0 aliphatic rings. The normalized spacial score (nSPS) is 10.5. The summed E-state index contributed by atoms with van der Waals surface area (Å²) in [6.45, 7) is 5.43. The van der Waals surface area contributed by atoms with Crippen LogP contribution < -0.4 is 10.6 Å². The fraction of sp³-hybridized carbons (Fsp3) is 0.412. The molecule has 6 heteroatoms. The number of carbonyl (C=O) groups is 2. The van der Waals surface area contributed by atoms with Crippen LogP contribution in [0.25, 0.3) is 10.9 Å². The van der Waals surface area contributed by atoms with Crippen molar-refractivity contribution in [3.05, 3.63) is 36.0 Å². The molecule has 1 aromatic carbocycles. The predicted molar refractivity (Wildman–Crippen MR) is 89.3 cm³/mol. The summed E-state index contributed by atoms with van der Waals surface area (Å²) in [6.07, 6.45) is 2.55. The largest absolute Gasteiger partial charge is 0.464 e. The molecule has 23 heavy (non-hydrogen) atoms. The summed E-state index contributed by atoms with van der Waals surface area (Å²) >= 11 is 0. The van der Waals surface area contributed by atoms with Crippen molar-refractivity contribution < 1.29 is 14.3 Å². The van der Waals surface area contributed by atoms with Crippen LogP contribution in [-0.2, 0) is 16.1 Å². The van der Waals surface area contributed by atoms with Gasteiger partial charge in [0.25, 0.3) is 0 Å². The summed E-state index contributed by atoms with van der Waals surface area (Å²) in [6, 6.07) is 7.77. The SMILES string of the molecule is CCNC(=O)NCCCOC(=O)Cn1cc(C)c2ccccc21. The van der Waals surface area contributed by atoms with Crippen LogP contribution in [0.4, 0.5) is 4.79 Å². The van der Waals surface area contributed by atoms with Crippen LogP contribution in [0.15, 0.2) is 30.5 Å². The quantitative estimate of drug-likeness (QED) is 0.607. The highest BCUT2D eigenvalue weighted by Crippen LogP contribution is 2.20. The third-order valence-corrected chi connectivity index (χ3v) is 3.49. The summed E-state index contributed by atoms with van der Waals surface area (Å²) in [5, 5.41) is 6.47. The Balaban J connectivity index is 1.75. The predicted octanol–water partition coefficient (Wildman–Crippen LogP) is 2.20. The minimum atomic E-state index is -0.274. The van der Waals surface area contributed by atoms with Crippen LogP contribution in [0.1, 0.15) is 18.9 Å². The molecule has 2 aromatic rings. The first-order valence-corrected chi connectivity index (χ1v) is 7.83. The van der Waals surface area contributed by atoms with Crippen molar-refractivity contribution in [2.45, 2.75) is 26.8 Å². The van der Waals surface area contributed by atoms with Crippen molar-refractivity contribution in [3.63, 3.8) is 0 Å². The molecule has 1 heterocycles. The summed E-state index contributed by atoms with van der Waals surface area (Å²) in [5.74, 6) is -0.274. The van der Waals surface area contributed by atoms with Crippen molar-refractivity contribution in [1.29, 1.82) is 0 Å². The average Bonchev–Trinajstić information content (AvgIpc) is 2.84. The first kappa shape index (κ1) is 16.9. The van der Waals surface area contributed by atoms with Crippen LogP contribution >= 0.6 is 0 Å². The highest BCUT2D eigenvalue weighted by molar-refractivity contribution is 5.85. The van der Waals surface area contributed by atoms with Gasteiger partial charge in [-0.05, 0) is 31.9 Å². The van der Waals surface area contributed by atoms with Gasteiger partial charge in [0.1, 0.15) is 6.54 Å². The number of amides is 2. The highest BCUT2D eigenvalue weighted by atomic mass is 16.5. The van der Waals surface area contributed by atoms with Gasteiger partial charge < -0.3 is 19.9 Å². The zero-order chi connectivity index (χ0) is 16.7. The van der Waals surface area contributed by atoms with E-state index in [1.165, 1.54) is 0 Å². The first-order chi connectivity index (χ1) is 11.1. The number of hydrogen-bond acceptors (Lipinski definition) is 3. The van der Waals surface area contributed by atoms with Crippen molar-refractivity contribution in [2.75, 3.05) is 19.7 Å². The van der Waals surface area contributed by atoms with Crippen molar-refractivity contribution in [1.82, 2.24) is 15.2 Å². The summed E-state index contributed by atoms with van der Waals surface area (Å²) in [5.41, 5.74) is 2.17. The number of fused-ring (bicyclic) bond motifs is 1. The van der Waals surface area contributed by atoms with Gasteiger partial charge >= 0.3 is 12.0 Å². The number of nitrogens with zero attached hydrogens (tertiary/aromatic N) is 1. The van der Waals surface area contributed by atoms with E-state index >= 15 is 0 Å². The zero-order valence-corrected chi connectivity index (χ0v) is 13.6. The van der Waals surface area contributed by atoms with E-state index in [-0.39, 0.29) is 18.5 Å². The van der Waals surface area contributed by atoms with Crippen LogP contribution in [0.2, 0.25) is 0 Å². The Labute approximate surface area is 135 Å². The fourth-order valence-electron chi connectivity index (χ4n) is 2.43. The average molecular weight is 317 g/mol. The van der Waals surface area contributed by atoms with Crippen molar-refractivity contribution in [3.8, 4) is 0 Å². The number of benzene rings is 1. The number of esters is 1. The molecule has 0 saturated carbocycles. The molecule has 0 aliphatic carbocycles. The molecule has 1 aromatic heterocycles. The number of nitrogens with one attached hydrogen (secondary N) is 2. The summed E-state index contributed by atoms with van der Waals surface area (Å²) in [4.78, 5) is 23.1. The van der Waals surface area contributed by atoms with E-state index in [1.807, 2.05) is 48.9 Å². The Morgan fingerprint density at radius 2 is 2.00 bits per heavy atom. The van der Waals surface area contributed by atoms with Crippen LogP contribution in [0.5, 0.6) is 0 Å². The van der Waals surface area contributed by atoms with Gasteiger partial charge in [0.15, 0.2) is 0 Å². The lowest BCUT2D eigenvalue weighted by Crippen LogP contribution is -2.36. The Morgan fingerprint density at radius 1 is 1.22 bits per heavy atom. The zero-order valence-electron chi connectivity index (χ0n) is 13.6. The second kappa shape index (κ2) is 8.22. The molecule has 0 saturated heterocycles. The molecular weight excluding hydrogens is 294 g/mol. The molecule has 0 aliphatic heterocycles. The van der Waals surface area contributed by atoms with Crippen LogP contribution in [-0.4, -0.2) is 36.3 Å². The lowest BCUT2D eigenvalue weighted by Gasteiger charge is -2.08. The van der Waals surface area contributed by atoms with E-state index < -0.39 is 0 Å². The Hall–Kier alpha value is -2.50. The molecule has 0 radical (unpaired) electrons. The molecule has 6 nitrogen and oxygen atoms in total. The summed E-state index contributed by atoms with van der Waals surface area (Å²) < 4.78 is 7.12. The lowest BCUT2D eigenvalue weighted by molar-refractivity contribution is -0.144. The van der Waals surface area contributed by atoms with E-state index in [0.29, 0.717) is 26.1 Å². The molecule has 0 atom stereocenters. The number of para-hydroxylation sites is 1. The first-order valence-electron chi connectivity index (χ1n) is 7.83.